The summed E-state index contributed by atoms with van der Waals surface area (Å²) in [5.74, 6) is -0.105. The minimum absolute atomic E-state index is 0.192. The Kier molecular flexibility index (Phi) is 4.66. The molecule has 0 spiro atoms. The molecule has 0 amide bonds. The monoisotopic (exact) mass is 283 g/mol. The Balaban J connectivity index is 1.78. The third kappa shape index (κ3) is 3.61. The van der Waals surface area contributed by atoms with Gasteiger partial charge in [-0.2, -0.15) is 0 Å². The lowest BCUT2D eigenvalue weighted by Gasteiger charge is -2.16. The molecule has 5 heteroatoms. The highest BCUT2D eigenvalue weighted by Crippen LogP contribution is 2.24. The van der Waals surface area contributed by atoms with Gasteiger partial charge in [0.2, 0.25) is 0 Å². The van der Waals surface area contributed by atoms with Crippen molar-refractivity contribution in [2.24, 2.45) is 11.8 Å². The maximum Gasteiger partial charge on any atom is 0.308 e. The van der Waals surface area contributed by atoms with Crippen LogP contribution in [0.1, 0.15) is 6.92 Å². The lowest BCUT2D eigenvalue weighted by Crippen LogP contribution is -2.27. The zero-order chi connectivity index (χ0) is 13.8. The van der Waals surface area contributed by atoms with E-state index in [-0.39, 0.29) is 11.8 Å². The van der Waals surface area contributed by atoms with Crippen molar-refractivity contribution in [1.82, 2.24) is 4.90 Å². The molecule has 0 aliphatic carbocycles. The molecule has 0 saturated carbocycles. The van der Waals surface area contributed by atoms with Crippen LogP contribution in [0.5, 0.6) is 5.75 Å². The fraction of sp³-hybridized carbons (Fsp3) is 0.500. The van der Waals surface area contributed by atoms with E-state index in [1.165, 1.54) is 0 Å². The number of ether oxygens (including phenoxy) is 1. The van der Waals surface area contributed by atoms with E-state index < -0.39 is 5.97 Å². The summed E-state index contributed by atoms with van der Waals surface area (Å²) in [7, 11) is 0. The van der Waals surface area contributed by atoms with Crippen LogP contribution >= 0.6 is 11.6 Å². The number of hydrogen-bond donors (Lipinski definition) is 1. The van der Waals surface area contributed by atoms with Gasteiger partial charge in [0.1, 0.15) is 12.4 Å². The van der Waals surface area contributed by atoms with E-state index in [4.69, 9.17) is 21.4 Å². The molecule has 0 radical (unpaired) electrons. The molecule has 2 atom stereocenters. The minimum atomic E-state index is -0.706. The first kappa shape index (κ1) is 14.2. The highest BCUT2D eigenvalue weighted by atomic mass is 35.5. The smallest absolute Gasteiger partial charge is 0.308 e. The van der Waals surface area contributed by atoms with Gasteiger partial charge in [-0.05, 0) is 18.1 Å². The van der Waals surface area contributed by atoms with Crippen LogP contribution in [-0.4, -0.2) is 42.2 Å². The van der Waals surface area contributed by atoms with Crippen LogP contribution in [0, 0.1) is 11.8 Å². The zero-order valence-corrected chi connectivity index (χ0v) is 11.6. The number of aliphatic carboxylic acids is 1. The first-order valence-electron chi connectivity index (χ1n) is 6.40. The van der Waals surface area contributed by atoms with Gasteiger partial charge in [0, 0.05) is 19.6 Å². The number of benzene rings is 1. The third-order valence-electron chi connectivity index (χ3n) is 3.51. The Labute approximate surface area is 117 Å². The molecular weight excluding hydrogens is 266 g/mol. The Morgan fingerprint density at radius 1 is 1.47 bits per heavy atom. The van der Waals surface area contributed by atoms with E-state index >= 15 is 0 Å². The highest BCUT2D eigenvalue weighted by Gasteiger charge is 2.34. The molecule has 1 aliphatic rings. The van der Waals surface area contributed by atoms with Crippen LogP contribution in [0.4, 0.5) is 0 Å². The first-order valence-corrected chi connectivity index (χ1v) is 6.78. The van der Waals surface area contributed by atoms with E-state index in [2.05, 4.69) is 4.90 Å². The summed E-state index contributed by atoms with van der Waals surface area (Å²) in [6.07, 6.45) is 0. The molecule has 1 aliphatic heterocycles. The van der Waals surface area contributed by atoms with Crippen LogP contribution in [0.25, 0.3) is 0 Å². The molecule has 19 heavy (non-hydrogen) atoms. The van der Waals surface area contributed by atoms with Gasteiger partial charge in [-0.1, -0.05) is 30.7 Å². The number of carbonyl (C=O) groups is 1. The molecule has 0 aromatic heterocycles. The standard InChI is InChI=1S/C14H18ClNO3/c1-10-8-16(9-11(10)14(17)18)6-7-19-13-5-3-2-4-12(13)15/h2-5,10-11H,6-9H2,1H3,(H,17,18)/t10-,11-/m1/s1. The second-order valence-electron chi connectivity index (χ2n) is 4.96. The van der Waals surface area contributed by atoms with Gasteiger partial charge in [0.25, 0.3) is 0 Å². The Morgan fingerprint density at radius 3 is 2.84 bits per heavy atom. The lowest BCUT2D eigenvalue weighted by atomic mass is 9.99. The number of rotatable bonds is 5. The van der Waals surface area contributed by atoms with Gasteiger partial charge < -0.3 is 9.84 Å². The van der Waals surface area contributed by atoms with Crippen molar-refractivity contribution in [2.45, 2.75) is 6.92 Å². The second-order valence-corrected chi connectivity index (χ2v) is 5.37. The van der Waals surface area contributed by atoms with Crippen LogP contribution in [0.15, 0.2) is 24.3 Å². The fourth-order valence-electron chi connectivity index (χ4n) is 2.42. The quantitative estimate of drug-likeness (QED) is 0.901. The summed E-state index contributed by atoms with van der Waals surface area (Å²) < 4.78 is 5.61. The molecule has 0 unspecified atom stereocenters. The molecule has 104 valence electrons. The summed E-state index contributed by atoms with van der Waals surface area (Å²) >= 11 is 5.99. The molecular formula is C14H18ClNO3. The molecule has 4 nitrogen and oxygen atoms in total. The fourth-order valence-corrected chi connectivity index (χ4v) is 2.61. The number of nitrogens with zero attached hydrogens (tertiary/aromatic N) is 1. The molecule has 1 aromatic carbocycles. The van der Waals surface area contributed by atoms with Crippen molar-refractivity contribution < 1.29 is 14.6 Å². The van der Waals surface area contributed by atoms with E-state index in [1.807, 2.05) is 25.1 Å². The van der Waals surface area contributed by atoms with Gasteiger partial charge in [-0.15, -0.1) is 0 Å². The number of para-hydroxylation sites is 1. The number of likely N-dealkylation sites (tertiary alicyclic amines) is 1. The van der Waals surface area contributed by atoms with Crippen molar-refractivity contribution in [2.75, 3.05) is 26.2 Å². The molecule has 0 bridgehead atoms. The molecule has 1 heterocycles. The Morgan fingerprint density at radius 2 is 2.21 bits per heavy atom. The van der Waals surface area contributed by atoms with Crippen LogP contribution in [-0.2, 0) is 4.79 Å². The van der Waals surface area contributed by atoms with Gasteiger partial charge >= 0.3 is 5.97 Å². The lowest BCUT2D eigenvalue weighted by molar-refractivity contribution is -0.142. The molecule has 1 aromatic rings. The summed E-state index contributed by atoms with van der Waals surface area (Å²) in [6, 6.07) is 7.35. The summed E-state index contributed by atoms with van der Waals surface area (Å²) in [5.41, 5.74) is 0. The summed E-state index contributed by atoms with van der Waals surface area (Å²) in [4.78, 5) is 13.1. The third-order valence-corrected chi connectivity index (χ3v) is 3.82. The first-order chi connectivity index (χ1) is 9.08. The Hall–Kier alpha value is -1.26. The van der Waals surface area contributed by atoms with Crippen molar-refractivity contribution in [1.29, 1.82) is 0 Å². The average Bonchev–Trinajstić information content (AvgIpc) is 2.73. The number of carboxylic acid groups (broad SMARTS) is 1. The number of halogens is 1. The molecule has 1 fully saturated rings. The van der Waals surface area contributed by atoms with Gasteiger partial charge in [-0.3, -0.25) is 9.69 Å². The average molecular weight is 284 g/mol. The Bertz CT molecular complexity index is 452. The van der Waals surface area contributed by atoms with E-state index in [0.717, 1.165) is 13.1 Å². The maximum absolute atomic E-state index is 11.0. The van der Waals surface area contributed by atoms with E-state index in [9.17, 15) is 4.79 Å². The summed E-state index contributed by atoms with van der Waals surface area (Å²) in [6.45, 7) is 4.63. The van der Waals surface area contributed by atoms with Gasteiger partial charge in [0.15, 0.2) is 0 Å². The second kappa shape index (κ2) is 6.26. The molecule has 1 N–H and O–H groups in total. The van der Waals surface area contributed by atoms with E-state index in [0.29, 0.717) is 23.9 Å². The highest BCUT2D eigenvalue weighted by molar-refractivity contribution is 6.32. The van der Waals surface area contributed by atoms with Crippen LogP contribution in [0.3, 0.4) is 0 Å². The van der Waals surface area contributed by atoms with E-state index in [1.54, 1.807) is 6.07 Å². The predicted molar refractivity (Wildman–Crippen MR) is 73.7 cm³/mol. The molecule has 2 rings (SSSR count). The number of carboxylic acids is 1. The topological polar surface area (TPSA) is 49.8 Å². The van der Waals surface area contributed by atoms with Crippen molar-refractivity contribution >= 4 is 17.6 Å². The van der Waals surface area contributed by atoms with Crippen LogP contribution in [0.2, 0.25) is 5.02 Å². The molecule has 1 saturated heterocycles. The van der Waals surface area contributed by atoms with Crippen LogP contribution < -0.4 is 4.74 Å². The van der Waals surface area contributed by atoms with Crippen molar-refractivity contribution in [3.63, 3.8) is 0 Å². The summed E-state index contributed by atoms with van der Waals surface area (Å²) in [5, 5.41) is 9.66. The maximum atomic E-state index is 11.0. The SMILES string of the molecule is C[C@@H]1CN(CCOc2ccccc2Cl)C[C@H]1C(=O)O. The largest absolute Gasteiger partial charge is 0.491 e. The van der Waals surface area contributed by atoms with Gasteiger partial charge in [0.05, 0.1) is 10.9 Å². The van der Waals surface area contributed by atoms with Crippen molar-refractivity contribution in [3.05, 3.63) is 29.3 Å². The van der Waals surface area contributed by atoms with Crippen molar-refractivity contribution in [3.8, 4) is 5.75 Å². The minimum Gasteiger partial charge on any atom is -0.491 e. The number of hydrogen-bond acceptors (Lipinski definition) is 3. The normalized spacial score (nSPS) is 23.5. The van der Waals surface area contributed by atoms with Gasteiger partial charge in [-0.25, -0.2) is 0 Å². The predicted octanol–water partition coefficient (Wildman–Crippen LogP) is 2.37. The zero-order valence-electron chi connectivity index (χ0n) is 10.9.